The van der Waals surface area contributed by atoms with E-state index in [2.05, 4.69) is 17.1 Å². The first-order valence-electron chi connectivity index (χ1n) is 8.42. The molecule has 1 N–H and O–H groups in total. The lowest BCUT2D eigenvalue weighted by Gasteiger charge is -2.35. The molecule has 22 heavy (non-hydrogen) atoms. The van der Waals surface area contributed by atoms with Gasteiger partial charge in [-0.3, -0.25) is 4.79 Å². The molecule has 0 unspecified atom stereocenters. The summed E-state index contributed by atoms with van der Waals surface area (Å²) in [6, 6.07) is 5.97. The van der Waals surface area contributed by atoms with Crippen LogP contribution >= 0.6 is 11.6 Å². The van der Waals surface area contributed by atoms with E-state index in [9.17, 15) is 4.79 Å². The zero-order chi connectivity index (χ0) is 15.9. The third-order valence-electron chi connectivity index (χ3n) is 4.51. The number of piperidine rings is 1. The van der Waals surface area contributed by atoms with E-state index in [-0.39, 0.29) is 5.91 Å². The molecule has 1 aromatic carbocycles. The number of rotatable bonds is 6. The summed E-state index contributed by atoms with van der Waals surface area (Å²) in [5.74, 6) is 0.142. The van der Waals surface area contributed by atoms with E-state index in [1.165, 1.54) is 12.8 Å². The summed E-state index contributed by atoms with van der Waals surface area (Å²) in [5, 5.41) is 4.05. The van der Waals surface area contributed by atoms with Crippen molar-refractivity contribution >= 4 is 17.5 Å². The molecular formula is C18H27ClN2O. The first kappa shape index (κ1) is 17.3. The number of amides is 1. The zero-order valence-electron chi connectivity index (χ0n) is 13.7. The molecule has 0 spiro atoms. The van der Waals surface area contributed by atoms with Gasteiger partial charge in [0.15, 0.2) is 0 Å². The molecule has 0 radical (unpaired) electrons. The molecule has 1 saturated heterocycles. The van der Waals surface area contributed by atoms with E-state index in [4.69, 9.17) is 11.6 Å². The van der Waals surface area contributed by atoms with Crippen molar-refractivity contribution in [2.24, 2.45) is 0 Å². The molecule has 4 heteroatoms. The Morgan fingerprint density at radius 2 is 2.05 bits per heavy atom. The van der Waals surface area contributed by atoms with E-state index in [1.54, 1.807) is 0 Å². The summed E-state index contributed by atoms with van der Waals surface area (Å²) < 4.78 is 0. The highest BCUT2D eigenvalue weighted by molar-refractivity contribution is 6.31. The van der Waals surface area contributed by atoms with Crippen molar-refractivity contribution in [2.45, 2.75) is 52.0 Å². The average molecular weight is 323 g/mol. The van der Waals surface area contributed by atoms with Crippen LogP contribution in [0.4, 0.5) is 0 Å². The second-order valence-electron chi connectivity index (χ2n) is 6.10. The van der Waals surface area contributed by atoms with Crippen molar-refractivity contribution < 1.29 is 4.79 Å². The van der Waals surface area contributed by atoms with Crippen LogP contribution in [0.15, 0.2) is 18.2 Å². The van der Waals surface area contributed by atoms with Crippen LogP contribution in [0.1, 0.15) is 54.9 Å². The minimum atomic E-state index is 0.142. The van der Waals surface area contributed by atoms with E-state index < -0.39 is 0 Å². The Morgan fingerprint density at radius 1 is 1.32 bits per heavy atom. The van der Waals surface area contributed by atoms with Crippen LogP contribution in [0.2, 0.25) is 5.02 Å². The average Bonchev–Trinajstić information content (AvgIpc) is 2.54. The van der Waals surface area contributed by atoms with Gasteiger partial charge in [0.2, 0.25) is 0 Å². The molecular weight excluding hydrogens is 296 g/mol. The summed E-state index contributed by atoms with van der Waals surface area (Å²) >= 11 is 6.19. The maximum Gasteiger partial charge on any atom is 0.254 e. The summed E-state index contributed by atoms with van der Waals surface area (Å²) in [6.07, 6.45) is 5.49. The predicted octanol–water partition coefficient (Wildman–Crippen LogP) is 4.03. The van der Waals surface area contributed by atoms with Gasteiger partial charge in [0.05, 0.1) is 0 Å². The summed E-state index contributed by atoms with van der Waals surface area (Å²) in [5.41, 5.74) is 1.64. The number of nitrogens with zero attached hydrogens (tertiary/aromatic N) is 1. The predicted molar refractivity (Wildman–Crippen MR) is 92.6 cm³/mol. The molecule has 0 aliphatic carbocycles. The highest BCUT2D eigenvalue weighted by Gasteiger charge is 2.26. The monoisotopic (exact) mass is 322 g/mol. The third-order valence-corrected chi connectivity index (χ3v) is 4.92. The molecule has 1 aliphatic heterocycles. The third kappa shape index (κ3) is 4.23. The fourth-order valence-electron chi connectivity index (χ4n) is 3.09. The van der Waals surface area contributed by atoms with Crippen LogP contribution in [-0.2, 0) is 0 Å². The Hall–Kier alpha value is -1.06. The minimum absolute atomic E-state index is 0.142. The van der Waals surface area contributed by atoms with Crippen LogP contribution in [0, 0.1) is 6.92 Å². The summed E-state index contributed by atoms with van der Waals surface area (Å²) in [7, 11) is 0. The van der Waals surface area contributed by atoms with Gasteiger partial charge in [0.1, 0.15) is 0 Å². The largest absolute Gasteiger partial charge is 0.336 e. The smallest absolute Gasteiger partial charge is 0.254 e. The molecule has 3 nitrogen and oxygen atoms in total. The Kier molecular flexibility index (Phi) is 6.71. The number of hydrogen-bond acceptors (Lipinski definition) is 2. The van der Waals surface area contributed by atoms with Gasteiger partial charge in [0, 0.05) is 23.2 Å². The lowest BCUT2D eigenvalue weighted by molar-refractivity contribution is 0.0637. The molecule has 1 fully saturated rings. The van der Waals surface area contributed by atoms with Gasteiger partial charge in [-0.2, -0.15) is 0 Å². The number of hydrogen-bond donors (Lipinski definition) is 1. The van der Waals surface area contributed by atoms with Crippen molar-refractivity contribution in [1.82, 2.24) is 10.2 Å². The lowest BCUT2D eigenvalue weighted by atomic mass is 10.0. The highest BCUT2D eigenvalue weighted by atomic mass is 35.5. The van der Waals surface area contributed by atoms with E-state index in [0.29, 0.717) is 11.1 Å². The van der Waals surface area contributed by atoms with Gasteiger partial charge in [-0.25, -0.2) is 0 Å². The maximum atomic E-state index is 13.1. The number of carbonyl (C=O) groups is 1. The topological polar surface area (TPSA) is 32.3 Å². The van der Waals surface area contributed by atoms with Crippen molar-refractivity contribution in [1.29, 1.82) is 0 Å². The van der Waals surface area contributed by atoms with E-state index >= 15 is 0 Å². The lowest BCUT2D eigenvalue weighted by Crippen LogP contribution is -2.46. The molecule has 0 atom stereocenters. The molecule has 0 bridgehead atoms. The maximum absolute atomic E-state index is 13.1. The first-order valence-corrected chi connectivity index (χ1v) is 8.79. The Bertz CT molecular complexity index is 498. The van der Waals surface area contributed by atoms with Crippen LogP contribution in [0.25, 0.3) is 0 Å². The number of nitrogens with one attached hydrogen (secondary N) is 1. The fraction of sp³-hybridized carbons (Fsp3) is 0.611. The molecule has 0 aromatic heterocycles. The van der Waals surface area contributed by atoms with Gasteiger partial charge >= 0.3 is 0 Å². The van der Waals surface area contributed by atoms with Crippen LogP contribution in [0.3, 0.4) is 0 Å². The van der Waals surface area contributed by atoms with Gasteiger partial charge < -0.3 is 10.2 Å². The van der Waals surface area contributed by atoms with E-state index in [0.717, 1.165) is 50.0 Å². The number of benzene rings is 1. The van der Waals surface area contributed by atoms with Crippen molar-refractivity contribution in [2.75, 3.05) is 19.6 Å². The molecule has 1 aliphatic rings. The van der Waals surface area contributed by atoms with Gasteiger partial charge in [-0.05, 0) is 57.0 Å². The van der Waals surface area contributed by atoms with Gasteiger partial charge in [0.25, 0.3) is 5.91 Å². The minimum Gasteiger partial charge on any atom is -0.336 e. The highest BCUT2D eigenvalue weighted by Crippen LogP contribution is 2.23. The first-order chi connectivity index (χ1) is 10.6. The Balaban J connectivity index is 2.18. The van der Waals surface area contributed by atoms with Gasteiger partial charge in [-0.1, -0.05) is 37.4 Å². The molecule has 0 saturated carbocycles. The number of halogens is 1. The quantitative estimate of drug-likeness (QED) is 0.802. The molecule has 1 aromatic rings. The number of unbranched alkanes of at least 4 members (excludes halogenated alkanes) is 2. The molecule has 1 amide bonds. The van der Waals surface area contributed by atoms with Crippen LogP contribution in [-0.4, -0.2) is 36.5 Å². The second kappa shape index (κ2) is 8.54. The molecule has 1 heterocycles. The number of carbonyl (C=O) groups excluding carboxylic acids is 1. The van der Waals surface area contributed by atoms with E-state index in [1.807, 2.05) is 25.1 Å². The van der Waals surface area contributed by atoms with Crippen LogP contribution < -0.4 is 5.32 Å². The zero-order valence-corrected chi connectivity index (χ0v) is 14.5. The standard InChI is InChI=1S/C18H27ClN2O/c1-3-4-5-13-21(15-9-11-20-12-10-15)18(22)16-7-6-8-17(19)14(16)2/h6-8,15,20H,3-5,9-13H2,1-2H3. The summed E-state index contributed by atoms with van der Waals surface area (Å²) in [4.78, 5) is 15.2. The van der Waals surface area contributed by atoms with Crippen molar-refractivity contribution in [3.63, 3.8) is 0 Å². The molecule has 2 rings (SSSR count). The van der Waals surface area contributed by atoms with Crippen LogP contribution in [0.5, 0.6) is 0 Å². The fourth-order valence-corrected chi connectivity index (χ4v) is 3.27. The Morgan fingerprint density at radius 3 is 2.73 bits per heavy atom. The van der Waals surface area contributed by atoms with Crippen molar-refractivity contribution in [3.8, 4) is 0 Å². The Labute approximate surface area is 139 Å². The summed E-state index contributed by atoms with van der Waals surface area (Å²) in [6.45, 7) is 6.97. The SMILES string of the molecule is CCCCCN(C(=O)c1cccc(Cl)c1C)C1CCNCC1. The second-order valence-corrected chi connectivity index (χ2v) is 6.51. The molecule has 122 valence electrons. The normalized spacial score (nSPS) is 15.8. The van der Waals surface area contributed by atoms with Crippen molar-refractivity contribution in [3.05, 3.63) is 34.3 Å². The van der Waals surface area contributed by atoms with Gasteiger partial charge in [-0.15, -0.1) is 0 Å².